The zero-order chi connectivity index (χ0) is 20.0. The van der Waals surface area contributed by atoms with Crippen LogP contribution in [-0.4, -0.2) is 41.2 Å². The molecule has 4 rings (SSSR count). The number of hydrogen-bond donors (Lipinski definition) is 0. The first-order valence-electron chi connectivity index (χ1n) is 9.44. The average molecular weight is 384 g/mol. The van der Waals surface area contributed by atoms with Crippen LogP contribution in [0.25, 0.3) is 0 Å². The molecule has 28 heavy (non-hydrogen) atoms. The Morgan fingerprint density at radius 1 is 0.964 bits per heavy atom. The van der Waals surface area contributed by atoms with Crippen molar-refractivity contribution in [2.45, 2.75) is 19.9 Å². The number of halogens is 2. The van der Waals surface area contributed by atoms with Crippen LogP contribution in [0.5, 0.6) is 0 Å². The number of hydrogen-bond acceptors (Lipinski definition) is 2. The molecule has 6 heteroatoms. The first kappa shape index (κ1) is 18.6. The van der Waals surface area contributed by atoms with Crippen molar-refractivity contribution in [2.24, 2.45) is 11.8 Å². The normalized spacial score (nSPS) is 23.8. The SMILES string of the molecule is CC(=O)N1C[C@H]2CN(C(=O)c3c(F)cccc3F)C[C@H]2[C@H]1c1ccccc1C. The molecule has 146 valence electrons. The summed E-state index contributed by atoms with van der Waals surface area (Å²) < 4.78 is 28.1. The van der Waals surface area contributed by atoms with Crippen LogP contribution >= 0.6 is 0 Å². The van der Waals surface area contributed by atoms with Gasteiger partial charge in [-0.15, -0.1) is 0 Å². The summed E-state index contributed by atoms with van der Waals surface area (Å²) in [4.78, 5) is 28.4. The maximum absolute atomic E-state index is 14.1. The number of benzene rings is 2. The quantitative estimate of drug-likeness (QED) is 0.794. The maximum atomic E-state index is 14.1. The van der Waals surface area contributed by atoms with E-state index in [-0.39, 0.29) is 23.8 Å². The molecule has 2 fully saturated rings. The Labute approximate surface area is 162 Å². The molecule has 0 saturated carbocycles. The van der Waals surface area contributed by atoms with Gasteiger partial charge in [-0.25, -0.2) is 8.78 Å². The fourth-order valence-corrected chi connectivity index (χ4v) is 4.71. The smallest absolute Gasteiger partial charge is 0.259 e. The van der Waals surface area contributed by atoms with Crippen LogP contribution in [0.1, 0.15) is 34.5 Å². The number of carbonyl (C=O) groups is 2. The van der Waals surface area contributed by atoms with Crippen molar-refractivity contribution in [3.8, 4) is 0 Å². The lowest BCUT2D eigenvalue weighted by molar-refractivity contribution is -0.130. The molecule has 2 aliphatic rings. The molecule has 4 nitrogen and oxygen atoms in total. The third kappa shape index (κ3) is 2.97. The fraction of sp³-hybridized carbons (Fsp3) is 0.364. The number of carbonyl (C=O) groups excluding carboxylic acids is 2. The molecular formula is C22H22F2N2O2. The highest BCUT2D eigenvalue weighted by Crippen LogP contribution is 2.46. The lowest BCUT2D eigenvalue weighted by Crippen LogP contribution is -2.37. The van der Waals surface area contributed by atoms with E-state index >= 15 is 0 Å². The Hall–Kier alpha value is -2.76. The molecule has 0 radical (unpaired) electrons. The first-order chi connectivity index (χ1) is 13.4. The third-order valence-electron chi connectivity index (χ3n) is 6.04. The molecule has 0 bridgehead atoms. The molecular weight excluding hydrogens is 362 g/mol. The largest absolute Gasteiger partial charge is 0.338 e. The molecule has 0 aromatic heterocycles. The van der Waals surface area contributed by atoms with Crippen molar-refractivity contribution in [2.75, 3.05) is 19.6 Å². The third-order valence-corrected chi connectivity index (χ3v) is 6.04. The minimum Gasteiger partial charge on any atom is -0.338 e. The zero-order valence-electron chi connectivity index (χ0n) is 15.9. The Kier molecular flexibility index (Phi) is 4.65. The molecule has 2 heterocycles. The van der Waals surface area contributed by atoms with E-state index in [1.807, 2.05) is 36.1 Å². The lowest BCUT2D eigenvalue weighted by Gasteiger charge is -2.30. The second-order valence-electron chi connectivity index (χ2n) is 7.70. The molecule has 3 atom stereocenters. The Balaban J connectivity index is 1.64. The van der Waals surface area contributed by atoms with Crippen LogP contribution in [0.4, 0.5) is 8.78 Å². The van der Waals surface area contributed by atoms with Crippen molar-refractivity contribution in [3.63, 3.8) is 0 Å². The van der Waals surface area contributed by atoms with E-state index in [1.54, 1.807) is 6.92 Å². The van der Waals surface area contributed by atoms with Crippen LogP contribution < -0.4 is 0 Å². The van der Waals surface area contributed by atoms with Gasteiger partial charge in [-0.1, -0.05) is 30.3 Å². The molecule has 0 N–H and O–H groups in total. The predicted molar refractivity (Wildman–Crippen MR) is 101 cm³/mol. The highest BCUT2D eigenvalue weighted by Gasteiger charge is 2.50. The van der Waals surface area contributed by atoms with E-state index in [2.05, 4.69) is 0 Å². The highest BCUT2D eigenvalue weighted by molar-refractivity contribution is 5.95. The van der Waals surface area contributed by atoms with Crippen molar-refractivity contribution in [3.05, 3.63) is 70.8 Å². The topological polar surface area (TPSA) is 40.6 Å². The summed E-state index contributed by atoms with van der Waals surface area (Å²) >= 11 is 0. The Morgan fingerprint density at radius 3 is 2.29 bits per heavy atom. The summed E-state index contributed by atoms with van der Waals surface area (Å²) in [7, 11) is 0. The molecule has 0 aliphatic carbocycles. The Morgan fingerprint density at radius 2 is 1.64 bits per heavy atom. The van der Waals surface area contributed by atoms with Gasteiger partial charge in [0.2, 0.25) is 5.91 Å². The summed E-state index contributed by atoms with van der Waals surface area (Å²) in [6, 6.07) is 11.2. The van der Waals surface area contributed by atoms with Gasteiger partial charge in [-0.3, -0.25) is 9.59 Å². The molecule has 0 unspecified atom stereocenters. The van der Waals surface area contributed by atoms with E-state index in [9.17, 15) is 18.4 Å². The number of rotatable bonds is 2. The van der Waals surface area contributed by atoms with E-state index in [4.69, 9.17) is 0 Å². The van der Waals surface area contributed by atoms with Gasteiger partial charge in [0.1, 0.15) is 17.2 Å². The lowest BCUT2D eigenvalue weighted by atomic mass is 9.87. The highest BCUT2D eigenvalue weighted by atomic mass is 19.1. The second kappa shape index (κ2) is 7.00. The molecule has 2 amide bonds. The Bertz CT molecular complexity index is 926. The molecule has 2 aliphatic heterocycles. The van der Waals surface area contributed by atoms with Gasteiger partial charge in [-0.05, 0) is 30.2 Å². The van der Waals surface area contributed by atoms with Crippen LogP contribution in [0, 0.1) is 30.4 Å². The second-order valence-corrected chi connectivity index (χ2v) is 7.70. The summed E-state index contributed by atoms with van der Waals surface area (Å²) in [5.74, 6) is -2.18. The van der Waals surface area contributed by atoms with Crippen LogP contribution in [0.3, 0.4) is 0 Å². The molecule has 2 aromatic carbocycles. The summed E-state index contributed by atoms with van der Waals surface area (Å²) in [6.07, 6.45) is 0. The zero-order valence-corrected chi connectivity index (χ0v) is 15.9. The number of likely N-dealkylation sites (tertiary alicyclic amines) is 2. The van der Waals surface area contributed by atoms with E-state index in [1.165, 1.54) is 11.0 Å². The van der Waals surface area contributed by atoms with Crippen molar-refractivity contribution >= 4 is 11.8 Å². The number of nitrogens with zero attached hydrogens (tertiary/aromatic N) is 2. The van der Waals surface area contributed by atoms with Gasteiger partial charge in [0.25, 0.3) is 5.91 Å². The minimum absolute atomic E-state index is 0.000628. The fourth-order valence-electron chi connectivity index (χ4n) is 4.71. The van der Waals surface area contributed by atoms with Gasteiger partial charge in [0.15, 0.2) is 0 Å². The van der Waals surface area contributed by atoms with E-state index < -0.39 is 23.1 Å². The number of fused-ring (bicyclic) bond motifs is 1. The van der Waals surface area contributed by atoms with E-state index in [0.29, 0.717) is 19.6 Å². The summed E-state index contributed by atoms with van der Waals surface area (Å²) in [5.41, 5.74) is 1.65. The molecule has 2 saturated heterocycles. The van der Waals surface area contributed by atoms with Crippen molar-refractivity contribution in [1.29, 1.82) is 0 Å². The molecule has 0 spiro atoms. The monoisotopic (exact) mass is 384 g/mol. The van der Waals surface area contributed by atoms with E-state index in [0.717, 1.165) is 23.3 Å². The van der Waals surface area contributed by atoms with Crippen LogP contribution in [0.2, 0.25) is 0 Å². The predicted octanol–water partition coefficient (Wildman–Crippen LogP) is 3.56. The van der Waals surface area contributed by atoms with Gasteiger partial charge < -0.3 is 9.80 Å². The summed E-state index contributed by atoms with van der Waals surface area (Å²) in [5, 5.41) is 0. The first-order valence-corrected chi connectivity index (χ1v) is 9.44. The number of amides is 2. The standard InChI is InChI=1S/C22H22F2N2O2/c1-13-6-3-4-7-16(13)21-17-12-25(10-15(17)11-26(21)14(2)27)22(28)20-18(23)8-5-9-19(20)24/h3-9,15,17,21H,10-12H2,1-2H3/t15-,17-,21-/m1/s1. The summed E-state index contributed by atoms with van der Waals surface area (Å²) in [6.45, 7) is 4.88. The average Bonchev–Trinajstić information content (AvgIpc) is 3.20. The number of aryl methyl sites for hydroxylation is 1. The maximum Gasteiger partial charge on any atom is 0.259 e. The van der Waals surface area contributed by atoms with Crippen LogP contribution in [-0.2, 0) is 4.79 Å². The minimum atomic E-state index is -0.845. The van der Waals surface area contributed by atoms with Gasteiger partial charge >= 0.3 is 0 Å². The van der Waals surface area contributed by atoms with Gasteiger partial charge in [-0.2, -0.15) is 0 Å². The van der Waals surface area contributed by atoms with Gasteiger partial charge in [0.05, 0.1) is 6.04 Å². The van der Waals surface area contributed by atoms with Crippen molar-refractivity contribution in [1.82, 2.24) is 9.80 Å². The van der Waals surface area contributed by atoms with Gasteiger partial charge in [0, 0.05) is 38.4 Å². The molecule has 2 aromatic rings. The van der Waals surface area contributed by atoms with Crippen molar-refractivity contribution < 1.29 is 18.4 Å². The van der Waals surface area contributed by atoms with Crippen LogP contribution in [0.15, 0.2) is 42.5 Å².